The lowest BCUT2D eigenvalue weighted by Gasteiger charge is -2.32. The monoisotopic (exact) mass is 274 g/mol. The van der Waals surface area contributed by atoms with E-state index in [1.165, 1.54) is 44.9 Å². The Hall–Kier alpha value is -1.32. The van der Waals surface area contributed by atoms with Crippen molar-refractivity contribution in [3.05, 3.63) is 12.3 Å². The topological polar surface area (TPSA) is 41.1 Å². The van der Waals surface area contributed by atoms with Crippen molar-refractivity contribution >= 4 is 11.8 Å². The van der Waals surface area contributed by atoms with E-state index in [1.54, 1.807) is 0 Å². The van der Waals surface area contributed by atoms with E-state index in [9.17, 15) is 0 Å². The van der Waals surface area contributed by atoms with Crippen LogP contribution in [0.3, 0.4) is 0 Å². The summed E-state index contributed by atoms with van der Waals surface area (Å²) in [7, 11) is 0. The Kier molecular flexibility index (Phi) is 4.38. The fraction of sp³-hybridized carbons (Fsp3) is 0.750. The molecule has 2 aliphatic rings. The van der Waals surface area contributed by atoms with Crippen LogP contribution in [-0.4, -0.2) is 29.1 Å². The highest BCUT2D eigenvalue weighted by Crippen LogP contribution is 2.23. The Labute approximate surface area is 122 Å². The van der Waals surface area contributed by atoms with E-state index in [4.69, 9.17) is 4.98 Å². The van der Waals surface area contributed by atoms with Crippen LogP contribution >= 0.6 is 0 Å². The minimum atomic E-state index is 0.569. The zero-order chi connectivity index (χ0) is 13.8. The first kappa shape index (κ1) is 13.7. The smallest absolute Gasteiger partial charge is 0.224 e. The number of nitrogens with one attached hydrogen (secondary N) is 1. The van der Waals surface area contributed by atoms with Crippen LogP contribution in [0.4, 0.5) is 11.8 Å². The van der Waals surface area contributed by atoms with Gasteiger partial charge in [0, 0.05) is 25.3 Å². The van der Waals surface area contributed by atoms with Crippen molar-refractivity contribution in [1.82, 2.24) is 9.97 Å². The van der Waals surface area contributed by atoms with Gasteiger partial charge in [-0.15, -0.1) is 0 Å². The number of hydrogen-bond donors (Lipinski definition) is 1. The second kappa shape index (κ2) is 6.42. The van der Waals surface area contributed by atoms with Gasteiger partial charge in [0.1, 0.15) is 5.82 Å². The number of hydrogen-bond acceptors (Lipinski definition) is 4. The van der Waals surface area contributed by atoms with E-state index in [2.05, 4.69) is 22.1 Å². The summed E-state index contributed by atoms with van der Waals surface area (Å²) in [4.78, 5) is 11.5. The van der Waals surface area contributed by atoms with Gasteiger partial charge in [-0.3, -0.25) is 0 Å². The molecule has 1 aliphatic heterocycles. The SMILES string of the molecule is CC1CCCN(c2ccnc(NC3CCCCC3)n2)C1. The number of piperidine rings is 1. The Morgan fingerprint density at radius 1 is 1.15 bits per heavy atom. The molecule has 1 unspecified atom stereocenters. The van der Waals surface area contributed by atoms with Crippen molar-refractivity contribution in [3.63, 3.8) is 0 Å². The zero-order valence-corrected chi connectivity index (χ0v) is 12.5. The van der Waals surface area contributed by atoms with Gasteiger partial charge in [-0.05, 0) is 37.7 Å². The first-order valence-electron chi connectivity index (χ1n) is 8.16. The quantitative estimate of drug-likeness (QED) is 0.916. The number of anilines is 2. The van der Waals surface area contributed by atoms with Crippen LogP contribution in [0, 0.1) is 5.92 Å². The molecule has 0 radical (unpaired) electrons. The van der Waals surface area contributed by atoms with Crippen LogP contribution in [0.1, 0.15) is 51.9 Å². The van der Waals surface area contributed by atoms with E-state index in [0.717, 1.165) is 30.8 Å². The fourth-order valence-electron chi connectivity index (χ4n) is 3.42. The molecule has 1 saturated carbocycles. The first-order chi connectivity index (χ1) is 9.81. The van der Waals surface area contributed by atoms with E-state index >= 15 is 0 Å². The van der Waals surface area contributed by atoms with Gasteiger partial charge in [-0.25, -0.2) is 4.98 Å². The second-order valence-corrected chi connectivity index (χ2v) is 6.41. The summed E-state index contributed by atoms with van der Waals surface area (Å²) >= 11 is 0. The summed E-state index contributed by atoms with van der Waals surface area (Å²) in [6.07, 6.45) is 11.1. The third-order valence-electron chi connectivity index (χ3n) is 4.56. The highest BCUT2D eigenvalue weighted by atomic mass is 15.2. The zero-order valence-electron chi connectivity index (χ0n) is 12.5. The predicted octanol–water partition coefficient (Wildman–Crippen LogP) is 3.46. The molecule has 0 spiro atoms. The third kappa shape index (κ3) is 3.41. The molecule has 20 heavy (non-hydrogen) atoms. The van der Waals surface area contributed by atoms with Gasteiger partial charge in [0.25, 0.3) is 0 Å². The van der Waals surface area contributed by atoms with Gasteiger partial charge in [0.15, 0.2) is 0 Å². The lowest BCUT2D eigenvalue weighted by molar-refractivity contribution is 0.444. The highest BCUT2D eigenvalue weighted by Gasteiger charge is 2.19. The standard InChI is InChI=1S/C16H26N4/c1-13-6-5-11-20(12-13)15-9-10-17-16(19-15)18-14-7-3-2-4-8-14/h9-10,13-14H,2-8,11-12H2,1H3,(H,17,18,19). The lowest BCUT2D eigenvalue weighted by Crippen LogP contribution is -2.35. The Morgan fingerprint density at radius 2 is 2.00 bits per heavy atom. The van der Waals surface area contributed by atoms with Crippen molar-refractivity contribution in [2.45, 2.75) is 57.9 Å². The molecule has 2 heterocycles. The van der Waals surface area contributed by atoms with E-state index in [0.29, 0.717) is 6.04 Å². The maximum absolute atomic E-state index is 4.73. The molecule has 0 amide bonds. The maximum Gasteiger partial charge on any atom is 0.224 e. The Bertz CT molecular complexity index is 428. The number of aromatic nitrogens is 2. The molecular formula is C16H26N4. The molecule has 2 fully saturated rings. The first-order valence-corrected chi connectivity index (χ1v) is 8.16. The predicted molar refractivity (Wildman–Crippen MR) is 83.1 cm³/mol. The summed E-state index contributed by atoms with van der Waals surface area (Å²) in [5.41, 5.74) is 0. The molecule has 1 N–H and O–H groups in total. The summed E-state index contributed by atoms with van der Waals surface area (Å²) in [5.74, 6) is 2.67. The minimum absolute atomic E-state index is 0.569. The summed E-state index contributed by atoms with van der Waals surface area (Å²) in [6, 6.07) is 2.61. The average molecular weight is 274 g/mol. The molecule has 0 bridgehead atoms. The van der Waals surface area contributed by atoms with Gasteiger partial charge >= 0.3 is 0 Å². The number of nitrogens with zero attached hydrogens (tertiary/aromatic N) is 3. The Balaban J connectivity index is 1.65. The molecule has 110 valence electrons. The molecule has 4 nitrogen and oxygen atoms in total. The largest absolute Gasteiger partial charge is 0.356 e. The van der Waals surface area contributed by atoms with Gasteiger partial charge in [0.2, 0.25) is 5.95 Å². The molecule has 4 heteroatoms. The van der Waals surface area contributed by atoms with Crippen LogP contribution < -0.4 is 10.2 Å². The Morgan fingerprint density at radius 3 is 2.80 bits per heavy atom. The molecule has 1 atom stereocenters. The normalized spacial score (nSPS) is 24.6. The summed E-state index contributed by atoms with van der Waals surface area (Å²) < 4.78 is 0. The van der Waals surface area contributed by atoms with E-state index in [-0.39, 0.29) is 0 Å². The van der Waals surface area contributed by atoms with Crippen LogP contribution in [0.25, 0.3) is 0 Å². The average Bonchev–Trinajstić information content (AvgIpc) is 2.49. The second-order valence-electron chi connectivity index (χ2n) is 6.41. The maximum atomic E-state index is 4.73. The fourth-order valence-corrected chi connectivity index (χ4v) is 3.42. The van der Waals surface area contributed by atoms with Crippen molar-refractivity contribution in [2.24, 2.45) is 5.92 Å². The van der Waals surface area contributed by atoms with Gasteiger partial charge < -0.3 is 10.2 Å². The van der Waals surface area contributed by atoms with Crippen LogP contribution in [0.2, 0.25) is 0 Å². The van der Waals surface area contributed by atoms with Crippen LogP contribution in [-0.2, 0) is 0 Å². The highest BCUT2D eigenvalue weighted by molar-refractivity contribution is 5.43. The molecule has 1 saturated heterocycles. The molecule has 1 aromatic rings. The van der Waals surface area contributed by atoms with E-state index in [1.807, 2.05) is 12.3 Å². The lowest BCUT2D eigenvalue weighted by atomic mass is 9.96. The van der Waals surface area contributed by atoms with Gasteiger partial charge in [-0.1, -0.05) is 26.2 Å². The van der Waals surface area contributed by atoms with E-state index < -0.39 is 0 Å². The number of rotatable bonds is 3. The molecule has 3 rings (SSSR count). The minimum Gasteiger partial charge on any atom is -0.356 e. The van der Waals surface area contributed by atoms with Crippen molar-refractivity contribution in [1.29, 1.82) is 0 Å². The van der Waals surface area contributed by atoms with Crippen molar-refractivity contribution in [2.75, 3.05) is 23.3 Å². The molecule has 1 aromatic heterocycles. The van der Waals surface area contributed by atoms with Crippen LogP contribution in [0.5, 0.6) is 0 Å². The van der Waals surface area contributed by atoms with Crippen molar-refractivity contribution in [3.8, 4) is 0 Å². The molecular weight excluding hydrogens is 248 g/mol. The van der Waals surface area contributed by atoms with Gasteiger partial charge in [-0.2, -0.15) is 4.98 Å². The summed E-state index contributed by atoms with van der Waals surface area (Å²) in [5, 5.41) is 3.52. The van der Waals surface area contributed by atoms with Crippen LogP contribution in [0.15, 0.2) is 12.3 Å². The molecule has 1 aliphatic carbocycles. The third-order valence-corrected chi connectivity index (χ3v) is 4.56. The van der Waals surface area contributed by atoms with Gasteiger partial charge in [0.05, 0.1) is 0 Å². The summed E-state index contributed by atoms with van der Waals surface area (Å²) in [6.45, 7) is 4.58. The van der Waals surface area contributed by atoms with Crippen molar-refractivity contribution < 1.29 is 0 Å². The molecule has 0 aromatic carbocycles.